The number of pyridine rings is 1. The first kappa shape index (κ1) is 30.9. The average Bonchev–Trinajstić information content (AvgIpc) is 3.58. The van der Waals surface area contributed by atoms with Crippen LogP contribution in [0.4, 0.5) is 42.4 Å². The molecule has 8 nitrogen and oxygen atoms in total. The summed E-state index contributed by atoms with van der Waals surface area (Å²) in [6, 6.07) is 3.23. The number of hydrogen-bond acceptors (Lipinski definition) is 8. The fourth-order valence-electron chi connectivity index (χ4n) is 7.96. The van der Waals surface area contributed by atoms with Crippen molar-refractivity contribution in [3.63, 3.8) is 0 Å². The fourth-order valence-corrected chi connectivity index (χ4v) is 7.96. The number of alkyl halides is 4. The molecule has 2 aromatic heterocycles. The lowest BCUT2D eigenvalue weighted by Gasteiger charge is -2.40. The van der Waals surface area contributed by atoms with Crippen molar-refractivity contribution in [3.8, 4) is 17.3 Å². The summed E-state index contributed by atoms with van der Waals surface area (Å²) in [6.07, 6.45) is -3.97. The molecule has 0 aliphatic carbocycles. The van der Waals surface area contributed by atoms with E-state index >= 15 is 4.39 Å². The molecule has 4 aliphatic heterocycles. The first-order valence-corrected chi connectivity index (χ1v) is 15.2. The molecule has 0 radical (unpaired) electrons. The maximum atomic E-state index is 16.5. The topological polar surface area (TPSA) is 92.4 Å². The van der Waals surface area contributed by atoms with Crippen molar-refractivity contribution < 1.29 is 35.5 Å². The number of aryl methyl sites for hydroxylation is 1. The summed E-state index contributed by atoms with van der Waals surface area (Å²) < 4.78 is 107. The number of rotatable bonds is 6. The predicted octanol–water partition coefficient (Wildman–Crippen LogP) is 5.79. The number of nitrogen functional groups attached to an aromatic ring is 1. The lowest BCUT2D eigenvalue weighted by molar-refractivity contribution is -0.137. The molecule has 0 spiro atoms. The molecule has 4 atom stereocenters. The summed E-state index contributed by atoms with van der Waals surface area (Å²) in [7, 11) is 0. The quantitative estimate of drug-likeness (QED) is 0.324. The molecule has 6 heterocycles. The molecule has 246 valence electrons. The van der Waals surface area contributed by atoms with Crippen LogP contribution in [0.15, 0.2) is 30.4 Å². The van der Waals surface area contributed by atoms with E-state index in [-0.39, 0.29) is 66.3 Å². The smallest absolute Gasteiger partial charge is 0.418 e. The molecule has 1 aromatic carbocycles. The Hall–Kier alpha value is -3.72. The highest BCUT2D eigenvalue weighted by Crippen LogP contribution is 2.44. The van der Waals surface area contributed by atoms with Crippen molar-refractivity contribution in [2.75, 3.05) is 43.4 Å². The fraction of sp³-hybridized carbons (Fsp3) is 0.516. The third-order valence-corrected chi connectivity index (χ3v) is 9.80. The van der Waals surface area contributed by atoms with Crippen LogP contribution in [0.1, 0.15) is 43.2 Å². The van der Waals surface area contributed by atoms with Crippen LogP contribution in [-0.2, 0) is 6.18 Å². The van der Waals surface area contributed by atoms with Crippen LogP contribution in [0, 0.1) is 12.7 Å². The largest absolute Gasteiger partial charge is 0.461 e. The maximum absolute atomic E-state index is 16.5. The second-order valence-corrected chi connectivity index (χ2v) is 13.0. The van der Waals surface area contributed by atoms with Gasteiger partial charge in [-0.2, -0.15) is 31.9 Å². The first-order chi connectivity index (χ1) is 21.8. The van der Waals surface area contributed by atoms with Crippen molar-refractivity contribution in [1.29, 1.82) is 0 Å². The summed E-state index contributed by atoms with van der Waals surface area (Å²) in [5, 5.41) is 3.41. The van der Waals surface area contributed by atoms with E-state index in [1.807, 2.05) is 4.90 Å². The molecule has 4 fully saturated rings. The van der Waals surface area contributed by atoms with Crippen LogP contribution >= 0.6 is 0 Å². The average molecular weight is 652 g/mol. The van der Waals surface area contributed by atoms with Gasteiger partial charge in [0.25, 0.3) is 6.08 Å². The summed E-state index contributed by atoms with van der Waals surface area (Å²) in [5.74, 6) is -1.12. The van der Waals surface area contributed by atoms with E-state index < -0.39 is 52.1 Å². The minimum atomic E-state index is -4.86. The Morgan fingerprint density at radius 1 is 1.17 bits per heavy atom. The summed E-state index contributed by atoms with van der Waals surface area (Å²) in [5.41, 5.74) is 1.34. The number of hydrogen-bond donors (Lipinski definition) is 2. The molecule has 3 aromatic rings. The third-order valence-electron chi connectivity index (χ3n) is 9.80. The molecule has 46 heavy (non-hydrogen) atoms. The number of halogens is 7. The van der Waals surface area contributed by atoms with Gasteiger partial charge in [-0.25, -0.2) is 13.8 Å². The second kappa shape index (κ2) is 10.9. The Bertz CT molecular complexity index is 1730. The van der Waals surface area contributed by atoms with Crippen molar-refractivity contribution in [2.24, 2.45) is 0 Å². The zero-order valence-electron chi connectivity index (χ0n) is 24.9. The molecular weight excluding hydrogens is 619 g/mol. The Kier molecular flexibility index (Phi) is 7.34. The highest BCUT2D eigenvalue weighted by molar-refractivity contribution is 5.94. The number of ether oxygens (including phenoxy) is 1. The minimum absolute atomic E-state index is 0.0256. The van der Waals surface area contributed by atoms with E-state index in [1.165, 1.54) is 19.1 Å². The molecular formula is C31H32F7N7O. The van der Waals surface area contributed by atoms with E-state index in [4.69, 9.17) is 10.5 Å². The summed E-state index contributed by atoms with van der Waals surface area (Å²) >= 11 is 0. The maximum Gasteiger partial charge on any atom is 0.418 e. The van der Waals surface area contributed by atoms with E-state index in [1.54, 1.807) is 4.90 Å². The normalized spacial score (nSPS) is 27.8. The molecule has 0 unspecified atom stereocenters. The summed E-state index contributed by atoms with van der Waals surface area (Å²) in [4.78, 5) is 16.6. The number of nitrogens with zero attached hydrogens (tertiary/aromatic N) is 5. The van der Waals surface area contributed by atoms with Gasteiger partial charge in [-0.05, 0) is 62.9 Å². The Morgan fingerprint density at radius 3 is 2.74 bits per heavy atom. The Morgan fingerprint density at radius 2 is 1.98 bits per heavy atom. The number of benzene rings is 1. The lowest BCUT2D eigenvalue weighted by atomic mass is 9.95. The molecule has 4 saturated heterocycles. The van der Waals surface area contributed by atoms with Gasteiger partial charge in [0, 0.05) is 49.1 Å². The molecule has 0 saturated carbocycles. The third kappa shape index (κ3) is 5.30. The minimum Gasteiger partial charge on any atom is -0.461 e. The lowest BCUT2D eigenvalue weighted by Crippen LogP contribution is -2.59. The number of piperazine rings is 1. The molecule has 0 amide bonds. The Balaban J connectivity index is 1.36. The van der Waals surface area contributed by atoms with Gasteiger partial charge in [0.05, 0.1) is 22.3 Å². The second-order valence-electron chi connectivity index (χ2n) is 13.0. The van der Waals surface area contributed by atoms with E-state index in [0.717, 1.165) is 18.6 Å². The van der Waals surface area contributed by atoms with Crippen molar-refractivity contribution in [1.82, 2.24) is 25.2 Å². The molecule has 2 bridgehead atoms. The van der Waals surface area contributed by atoms with E-state index in [9.17, 15) is 26.3 Å². The SMILES string of the molecule is Cc1cc(N)nc(-c2ccc3c(N4C[C@H]5CC[C@@](C=C(F)F)(C4)N5)nc(OC[C@@]45CCCN4C[C@H](F)C5)nc3c2F)c1C(F)(F)F. The van der Waals surface area contributed by atoms with E-state index in [0.29, 0.717) is 32.4 Å². The Labute approximate surface area is 259 Å². The highest BCUT2D eigenvalue weighted by Gasteiger charge is 2.50. The van der Waals surface area contributed by atoms with Gasteiger partial charge < -0.3 is 20.7 Å². The zero-order valence-corrected chi connectivity index (χ0v) is 24.9. The zero-order chi connectivity index (χ0) is 32.6. The van der Waals surface area contributed by atoms with Crippen LogP contribution in [-0.4, -0.2) is 75.9 Å². The molecule has 7 rings (SSSR count). The van der Waals surface area contributed by atoms with Gasteiger partial charge in [0.15, 0.2) is 5.82 Å². The van der Waals surface area contributed by atoms with Crippen molar-refractivity contribution in [2.45, 2.75) is 68.5 Å². The standard InChI is InChI=1S/C31H32F7N7O/c1-16-9-22(39)40-25(23(16)31(36,37)38)19-3-4-20-26(24(19)35)41-28(46-15-30-6-2-8-45(30)12-17(32)10-30)42-27(20)44-13-18-5-7-29(14-44,43-18)11-21(33)34/h3-4,9,11,17-18,43H,2,5-8,10,12-15H2,1H3,(H2,39,40)/t17-,18-,29-,30+/m1/s1. The van der Waals surface area contributed by atoms with Gasteiger partial charge in [0.2, 0.25) is 0 Å². The monoisotopic (exact) mass is 651 g/mol. The molecule has 3 N–H and O–H groups in total. The van der Waals surface area contributed by atoms with E-state index in [2.05, 4.69) is 20.3 Å². The van der Waals surface area contributed by atoms with Crippen LogP contribution in [0.3, 0.4) is 0 Å². The van der Waals surface area contributed by atoms with Gasteiger partial charge in [-0.1, -0.05) is 0 Å². The van der Waals surface area contributed by atoms with Crippen molar-refractivity contribution in [3.05, 3.63) is 47.3 Å². The van der Waals surface area contributed by atoms with Crippen LogP contribution in [0.5, 0.6) is 6.01 Å². The van der Waals surface area contributed by atoms with Gasteiger partial charge in [-0.15, -0.1) is 0 Å². The molecule has 15 heteroatoms. The predicted molar refractivity (Wildman–Crippen MR) is 157 cm³/mol. The van der Waals surface area contributed by atoms with Gasteiger partial charge in [0.1, 0.15) is 29.9 Å². The van der Waals surface area contributed by atoms with Crippen LogP contribution in [0.2, 0.25) is 0 Å². The van der Waals surface area contributed by atoms with Crippen LogP contribution in [0.25, 0.3) is 22.2 Å². The number of aromatic nitrogens is 3. The first-order valence-electron chi connectivity index (χ1n) is 15.2. The summed E-state index contributed by atoms with van der Waals surface area (Å²) in [6.45, 7) is 2.66. The number of fused-ring (bicyclic) bond motifs is 4. The highest BCUT2D eigenvalue weighted by atomic mass is 19.4. The van der Waals surface area contributed by atoms with Crippen LogP contribution < -0.4 is 20.7 Å². The molecule has 4 aliphatic rings. The number of nitrogens with two attached hydrogens (primary N) is 1. The number of anilines is 2. The van der Waals surface area contributed by atoms with Gasteiger partial charge >= 0.3 is 12.2 Å². The number of nitrogens with one attached hydrogen (secondary N) is 1. The van der Waals surface area contributed by atoms with Crippen molar-refractivity contribution >= 4 is 22.5 Å². The van der Waals surface area contributed by atoms with Gasteiger partial charge in [-0.3, -0.25) is 4.90 Å².